The van der Waals surface area contributed by atoms with Gasteiger partial charge in [-0.2, -0.15) is 0 Å². The molecule has 0 radical (unpaired) electrons. The Balaban J connectivity index is 0.955. The summed E-state index contributed by atoms with van der Waals surface area (Å²) >= 11 is 0. The van der Waals surface area contributed by atoms with Crippen molar-refractivity contribution < 1.29 is 258 Å². The molecule has 10 aromatic rings. The molecule has 2 saturated heterocycles. The second-order valence-corrected chi connectivity index (χ2v) is 28.4. The molecule has 1 unspecified atom stereocenters. The van der Waals surface area contributed by atoms with Gasteiger partial charge in [0.05, 0.1) is 50.1 Å². The Kier molecular flexibility index (Phi) is 24.5. The quantitative estimate of drug-likeness (QED) is 0.0311. The van der Waals surface area contributed by atoms with Crippen LogP contribution in [0.4, 0.5) is 0 Å². The Labute approximate surface area is 737 Å². The number of aromatic hydroxyl groups is 29. The summed E-state index contributed by atoms with van der Waals surface area (Å²) in [6, 6.07) is 6.05. The maximum absolute atomic E-state index is 15.6. The van der Waals surface area contributed by atoms with E-state index in [0.29, 0.717) is 84.9 Å². The second kappa shape index (κ2) is 35.6. The zero-order chi connectivity index (χ0) is 98.0. The molecule has 3 aliphatic rings. The molecule has 52 nitrogen and oxygen atoms in total. The first-order valence-corrected chi connectivity index (χ1v) is 36.9. The van der Waals surface area contributed by atoms with Crippen LogP contribution in [-0.2, 0) is 56.8 Å². The van der Waals surface area contributed by atoms with Crippen molar-refractivity contribution in [1.82, 2.24) is 0 Å². The van der Waals surface area contributed by atoms with Gasteiger partial charge in [-0.25, -0.2) is 47.9 Å². The van der Waals surface area contributed by atoms with Gasteiger partial charge in [-0.05, 0) is 91.0 Å². The van der Waals surface area contributed by atoms with Crippen LogP contribution in [-0.4, -0.2) is 282 Å². The van der Waals surface area contributed by atoms with Gasteiger partial charge >= 0.3 is 59.7 Å². The third-order valence-electron chi connectivity index (χ3n) is 19.8. The van der Waals surface area contributed by atoms with Gasteiger partial charge in [-0.3, -0.25) is 0 Å². The van der Waals surface area contributed by atoms with Crippen LogP contribution in [0.15, 0.2) is 103 Å². The SMILES string of the molecule is O=C(OC[C@H]1O[C@@H](OC(=O)c2cc(O)c(O)c(O)c2)[C@H](OC(=O)c2cc(O)c(O)c(O)c2)[C@@H](OC(=O)c2cc(O)c(O)c(O)c2)C1OC(=O)c1cc(O)c(O)c(O)c1Oc1cc2c(c(O)c1O)-c1c(cc(O)c(O)c1O)C(=O)O[C@H]1[C@H](OC(=O)c3cc(O)c(O)c(O)c3)[C@@H](OC(=O)c3cc(O)c(O)c(O)c3)[C@H](OC(=O)c3cc(O)c(O)c(O)c3)O[C@@H]1COC2=O)c1cc(O)c(O)c(O)c1. The fourth-order valence-corrected chi connectivity index (χ4v) is 13.2. The highest BCUT2D eigenvalue weighted by atomic mass is 16.8. The van der Waals surface area contributed by atoms with Crippen LogP contribution in [0.3, 0.4) is 0 Å². The minimum atomic E-state index is -3.03. The van der Waals surface area contributed by atoms with Crippen molar-refractivity contribution in [2.45, 2.75) is 61.4 Å². The van der Waals surface area contributed by atoms with Crippen molar-refractivity contribution in [3.63, 3.8) is 0 Å². The molecule has 134 heavy (non-hydrogen) atoms. The van der Waals surface area contributed by atoms with Gasteiger partial charge in [0.25, 0.3) is 0 Å². The average Bonchev–Trinajstić information content (AvgIpc) is 1.30. The van der Waals surface area contributed by atoms with E-state index in [1.54, 1.807) is 0 Å². The molecule has 10 aromatic carbocycles. The lowest BCUT2D eigenvalue weighted by Gasteiger charge is -2.44. The number of cyclic esters (lactones) is 1. The Morgan fingerprint density at radius 1 is 0.276 bits per heavy atom. The molecule has 0 spiro atoms. The average molecular weight is 1880 g/mol. The van der Waals surface area contributed by atoms with Gasteiger partial charge in [0.1, 0.15) is 31.0 Å². The second-order valence-electron chi connectivity index (χ2n) is 28.4. The molecule has 0 aromatic heterocycles. The molecule has 3 aliphatic heterocycles. The molecule has 0 bridgehead atoms. The molecule has 13 rings (SSSR count). The molecule has 0 saturated carbocycles. The summed E-state index contributed by atoms with van der Waals surface area (Å²) in [5.74, 6) is -64.1. The van der Waals surface area contributed by atoms with Crippen molar-refractivity contribution in [1.29, 1.82) is 0 Å². The Bertz CT molecular complexity index is 6470. The van der Waals surface area contributed by atoms with Gasteiger partial charge in [0.2, 0.25) is 47.8 Å². The van der Waals surface area contributed by atoms with Crippen LogP contribution < -0.4 is 4.74 Å². The first-order valence-electron chi connectivity index (χ1n) is 36.9. The third-order valence-corrected chi connectivity index (χ3v) is 19.8. The maximum Gasteiger partial charge on any atom is 0.342 e. The number of carbonyl (C=O) groups excluding carboxylic acids is 10. The Hall–Kier alpha value is -19.2. The van der Waals surface area contributed by atoms with Gasteiger partial charge in [-0.1, -0.05) is 0 Å². The number of rotatable bonds is 19. The maximum atomic E-state index is 15.6. The predicted molar refractivity (Wildman–Crippen MR) is 416 cm³/mol. The van der Waals surface area contributed by atoms with E-state index in [4.69, 9.17) is 61.6 Å². The number of esters is 10. The van der Waals surface area contributed by atoms with Gasteiger partial charge < -0.3 is 210 Å². The number of fused-ring (bicyclic) bond motifs is 4. The summed E-state index contributed by atoms with van der Waals surface area (Å²) in [6.07, 6.45) is -28.6. The minimum Gasteiger partial charge on any atom is -0.504 e. The number of ether oxygens (including phenoxy) is 13. The number of hydrogen-bond acceptors (Lipinski definition) is 52. The molecular formula is C82H60O52. The number of phenolic OH excluding ortho intramolecular Hbond substituents is 29. The Morgan fingerprint density at radius 2 is 0.567 bits per heavy atom. The number of benzene rings is 10. The van der Waals surface area contributed by atoms with Crippen molar-refractivity contribution in [2.75, 3.05) is 13.2 Å². The zero-order valence-corrected chi connectivity index (χ0v) is 65.9. The van der Waals surface area contributed by atoms with E-state index < -0.39 is 379 Å². The highest BCUT2D eigenvalue weighted by Crippen LogP contribution is 2.57. The molecular weight excluding hydrogens is 1820 g/mol. The summed E-state index contributed by atoms with van der Waals surface area (Å²) in [7, 11) is 0. The molecule has 0 aliphatic carbocycles. The van der Waals surface area contributed by atoms with Gasteiger partial charge in [0, 0.05) is 23.3 Å². The van der Waals surface area contributed by atoms with Crippen LogP contribution in [0, 0.1) is 0 Å². The summed E-state index contributed by atoms with van der Waals surface area (Å²) in [5.41, 5.74) is -14.6. The van der Waals surface area contributed by atoms with Crippen molar-refractivity contribution >= 4 is 59.7 Å². The molecule has 10 atom stereocenters. The number of carbonyl (C=O) groups is 10. The summed E-state index contributed by atoms with van der Waals surface area (Å²) in [5, 5.41) is 312. The zero-order valence-electron chi connectivity index (χ0n) is 65.9. The number of hydrogen-bond donors (Lipinski definition) is 29. The van der Waals surface area contributed by atoms with Crippen LogP contribution >= 0.6 is 0 Å². The topological polar surface area (TPSA) is 877 Å². The van der Waals surface area contributed by atoms with Gasteiger partial charge in [0.15, 0.2) is 180 Å². The van der Waals surface area contributed by atoms with Crippen LogP contribution in [0.5, 0.6) is 178 Å². The third kappa shape index (κ3) is 17.6. The first kappa shape index (κ1) is 92.5. The van der Waals surface area contributed by atoms with Crippen LogP contribution in [0.25, 0.3) is 11.1 Å². The van der Waals surface area contributed by atoms with E-state index >= 15 is 14.4 Å². The van der Waals surface area contributed by atoms with Crippen molar-refractivity contribution in [3.8, 4) is 189 Å². The molecule has 29 N–H and O–H groups in total. The largest absolute Gasteiger partial charge is 0.504 e. The van der Waals surface area contributed by atoms with Crippen molar-refractivity contribution in [2.24, 2.45) is 0 Å². The van der Waals surface area contributed by atoms with E-state index in [1.807, 2.05) is 0 Å². The number of phenols is 29. The summed E-state index contributed by atoms with van der Waals surface area (Å²) < 4.78 is 74.1. The minimum absolute atomic E-state index is 0.0682. The fraction of sp³-hybridized carbons (Fsp3) is 0.146. The molecule has 0 amide bonds. The standard InChI is InChI=1S/C82H60O52/c83-30-1-20(2-31(84)51(30)99)71(112)122-18-47-66(68(130-73(114)22-5-34(87)53(101)35(88)6-22)70(132-75(116)24-9-38(91)55(103)39(92)10-24)81(125-47)133-76(117)25-11-40(93)56(104)41(94)12-25)128-80(121)29-16-45(98)59(107)63(111)64(29)124-46-17-28-50(62(110)60(46)108)49-27(15-44(97)58(106)61(49)109)79(120)127-65-48(19-123-78(28)119)126-82(134-77(118)26-13-42(95)57(105)43(96)14-26)69(131-74(115)23-7-36(89)54(102)37(90)8-23)67(65)129-72(113)21-3-32(85)52(100)33(86)4-21/h1-17,47-48,65-70,81-111H,18-19H2/t47-,48-,65-,66?,67+,68+,69-,70-,81+,82+/m1/s1. The fourth-order valence-electron chi connectivity index (χ4n) is 13.2. The highest BCUT2D eigenvalue weighted by Gasteiger charge is 2.58. The van der Waals surface area contributed by atoms with E-state index in [9.17, 15) is 182 Å². The highest BCUT2D eigenvalue weighted by molar-refractivity contribution is 6.09. The van der Waals surface area contributed by atoms with E-state index in [0.717, 1.165) is 0 Å². The van der Waals surface area contributed by atoms with Crippen molar-refractivity contribution in [3.05, 3.63) is 159 Å². The van der Waals surface area contributed by atoms with E-state index in [2.05, 4.69) is 0 Å². The lowest BCUT2D eigenvalue weighted by atomic mass is 9.91. The van der Waals surface area contributed by atoms with E-state index in [1.165, 1.54) is 0 Å². The molecule has 2 fully saturated rings. The normalized spacial score (nSPS) is 18.4. The van der Waals surface area contributed by atoms with E-state index in [-0.39, 0.29) is 18.2 Å². The smallest absolute Gasteiger partial charge is 0.342 e. The lowest BCUT2D eigenvalue weighted by molar-refractivity contribution is -0.283. The summed E-state index contributed by atoms with van der Waals surface area (Å²) in [6.45, 7) is -3.32. The van der Waals surface area contributed by atoms with Crippen LogP contribution in [0.1, 0.15) is 104 Å². The monoisotopic (exact) mass is 1880 g/mol. The first-order chi connectivity index (χ1) is 63.0. The molecule has 3 heterocycles. The molecule has 700 valence electrons. The lowest BCUT2D eigenvalue weighted by Crippen LogP contribution is -2.63. The Morgan fingerprint density at radius 3 is 0.948 bits per heavy atom. The molecule has 52 heteroatoms. The summed E-state index contributed by atoms with van der Waals surface area (Å²) in [4.78, 5) is 147. The van der Waals surface area contributed by atoms with Gasteiger partial charge in [-0.15, -0.1) is 0 Å². The predicted octanol–water partition coefficient (Wildman–Crippen LogP) is 3.75. The van der Waals surface area contributed by atoms with Crippen LogP contribution in [0.2, 0.25) is 0 Å².